The van der Waals surface area contributed by atoms with Gasteiger partial charge in [0.2, 0.25) is 5.91 Å². The highest BCUT2D eigenvalue weighted by Crippen LogP contribution is 2.27. The van der Waals surface area contributed by atoms with Gasteiger partial charge < -0.3 is 9.80 Å². The number of carbonyl (C=O) groups excluding carboxylic acids is 1. The molecule has 2 aliphatic heterocycles. The molecule has 0 radical (unpaired) electrons. The fourth-order valence-electron chi connectivity index (χ4n) is 2.86. The van der Waals surface area contributed by atoms with Gasteiger partial charge in [0.05, 0.1) is 12.6 Å². The minimum absolute atomic E-state index is 0. The van der Waals surface area contributed by atoms with Gasteiger partial charge in [-0.15, -0.1) is 24.8 Å². The van der Waals surface area contributed by atoms with E-state index in [-0.39, 0.29) is 43.7 Å². The first-order valence-electron chi connectivity index (χ1n) is 7.00. The van der Waals surface area contributed by atoms with Crippen LogP contribution in [0.15, 0.2) is 0 Å². The topological polar surface area (TPSA) is 35.6 Å². The number of amides is 1. The SMILES string of the molecule is CCN(C)CC1CCN(C(=O)C2CC(F)(F)CN2)C1.Cl.Cl. The molecule has 126 valence electrons. The van der Waals surface area contributed by atoms with Gasteiger partial charge in [0.25, 0.3) is 5.92 Å². The average Bonchev–Trinajstić information content (AvgIpc) is 2.95. The molecule has 0 saturated carbocycles. The minimum Gasteiger partial charge on any atom is -0.341 e. The van der Waals surface area contributed by atoms with Gasteiger partial charge in [0, 0.05) is 26.1 Å². The van der Waals surface area contributed by atoms with Crippen LogP contribution in [-0.2, 0) is 4.79 Å². The minimum atomic E-state index is -2.73. The quantitative estimate of drug-likeness (QED) is 0.839. The van der Waals surface area contributed by atoms with Crippen LogP contribution in [0.2, 0.25) is 0 Å². The van der Waals surface area contributed by atoms with Crippen molar-refractivity contribution < 1.29 is 13.6 Å². The molecule has 2 fully saturated rings. The number of rotatable bonds is 4. The summed E-state index contributed by atoms with van der Waals surface area (Å²) in [4.78, 5) is 16.1. The Bertz CT molecular complexity index is 347. The fourth-order valence-corrected chi connectivity index (χ4v) is 2.86. The van der Waals surface area contributed by atoms with Crippen molar-refractivity contribution in [2.75, 3.05) is 39.8 Å². The van der Waals surface area contributed by atoms with E-state index in [9.17, 15) is 13.6 Å². The van der Waals surface area contributed by atoms with Gasteiger partial charge in [-0.3, -0.25) is 10.1 Å². The second kappa shape index (κ2) is 8.46. The van der Waals surface area contributed by atoms with E-state index in [2.05, 4.69) is 24.2 Å². The molecule has 0 aliphatic carbocycles. The highest BCUT2D eigenvalue weighted by Gasteiger charge is 2.44. The molecule has 0 aromatic heterocycles. The van der Waals surface area contributed by atoms with E-state index < -0.39 is 12.0 Å². The smallest absolute Gasteiger partial charge is 0.262 e. The van der Waals surface area contributed by atoms with Crippen LogP contribution in [0.4, 0.5) is 8.78 Å². The summed E-state index contributed by atoms with van der Waals surface area (Å²) < 4.78 is 26.2. The maximum Gasteiger partial charge on any atom is 0.262 e. The molecule has 2 saturated heterocycles. The largest absolute Gasteiger partial charge is 0.341 e. The van der Waals surface area contributed by atoms with Gasteiger partial charge in [-0.25, -0.2) is 8.78 Å². The van der Waals surface area contributed by atoms with Crippen LogP contribution in [-0.4, -0.2) is 67.4 Å². The average molecular weight is 348 g/mol. The Balaban J connectivity index is 0.00000200. The number of nitrogens with one attached hydrogen (secondary N) is 1. The molecule has 4 nitrogen and oxygen atoms in total. The van der Waals surface area contributed by atoms with Gasteiger partial charge in [-0.1, -0.05) is 6.92 Å². The lowest BCUT2D eigenvalue weighted by molar-refractivity contribution is -0.132. The molecule has 1 amide bonds. The Morgan fingerprint density at radius 3 is 2.62 bits per heavy atom. The first-order chi connectivity index (χ1) is 8.91. The Morgan fingerprint density at radius 2 is 2.10 bits per heavy atom. The molecule has 2 rings (SSSR count). The number of likely N-dealkylation sites (tertiary alicyclic amines) is 1. The number of halogens is 4. The van der Waals surface area contributed by atoms with Crippen LogP contribution in [0.25, 0.3) is 0 Å². The first kappa shape index (κ1) is 20.8. The highest BCUT2D eigenvalue weighted by molar-refractivity contribution is 5.85. The van der Waals surface area contributed by atoms with Crippen LogP contribution >= 0.6 is 24.8 Å². The van der Waals surface area contributed by atoms with E-state index in [1.807, 2.05) is 0 Å². The van der Waals surface area contributed by atoms with Crippen LogP contribution < -0.4 is 5.32 Å². The maximum atomic E-state index is 13.1. The third kappa shape index (κ3) is 5.51. The van der Waals surface area contributed by atoms with Crippen LogP contribution in [0.1, 0.15) is 19.8 Å². The van der Waals surface area contributed by atoms with Crippen LogP contribution in [0, 0.1) is 5.92 Å². The summed E-state index contributed by atoms with van der Waals surface area (Å²) in [6.45, 7) is 5.08. The van der Waals surface area contributed by atoms with Gasteiger partial charge in [0.15, 0.2) is 0 Å². The molecular formula is C13H25Cl2F2N3O. The van der Waals surface area contributed by atoms with Crippen LogP contribution in [0.5, 0.6) is 0 Å². The molecule has 0 bridgehead atoms. The number of hydrogen-bond acceptors (Lipinski definition) is 3. The van der Waals surface area contributed by atoms with Gasteiger partial charge in [-0.2, -0.15) is 0 Å². The van der Waals surface area contributed by atoms with Crippen molar-refractivity contribution in [3.05, 3.63) is 0 Å². The first-order valence-corrected chi connectivity index (χ1v) is 7.00. The Morgan fingerprint density at radius 1 is 1.43 bits per heavy atom. The van der Waals surface area contributed by atoms with E-state index in [4.69, 9.17) is 0 Å². The maximum absolute atomic E-state index is 13.1. The lowest BCUT2D eigenvalue weighted by Gasteiger charge is -2.22. The number of alkyl halides is 2. The zero-order valence-electron chi connectivity index (χ0n) is 12.5. The van der Waals surface area contributed by atoms with Crippen molar-refractivity contribution in [3.63, 3.8) is 0 Å². The van der Waals surface area contributed by atoms with Gasteiger partial charge in [-0.05, 0) is 25.9 Å². The molecule has 2 aliphatic rings. The molecule has 1 N–H and O–H groups in total. The summed E-state index contributed by atoms with van der Waals surface area (Å²) in [5, 5.41) is 2.64. The highest BCUT2D eigenvalue weighted by atomic mass is 35.5. The zero-order valence-corrected chi connectivity index (χ0v) is 14.1. The Labute approximate surface area is 137 Å². The molecule has 2 unspecified atom stereocenters. The van der Waals surface area contributed by atoms with E-state index in [1.165, 1.54) is 0 Å². The van der Waals surface area contributed by atoms with E-state index in [1.54, 1.807) is 4.90 Å². The third-order valence-electron chi connectivity index (χ3n) is 4.12. The van der Waals surface area contributed by atoms with Crippen molar-refractivity contribution in [3.8, 4) is 0 Å². The van der Waals surface area contributed by atoms with Gasteiger partial charge >= 0.3 is 0 Å². The van der Waals surface area contributed by atoms with E-state index >= 15 is 0 Å². The third-order valence-corrected chi connectivity index (χ3v) is 4.12. The Kier molecular flexibility index (Phi) is 8.39. The second-order valence-electron chi connectivity index (χ2n) is 5.79. The number of nitrogens with zero attached hydrogens (tertiary/aromatic N) is 2. The van der Waals surface area contributed by atoms with Crippen molar-refractivity contribution in [2.24, 2.45) is 5.92 Å². The van der Waals surface area contributed by atoms with E-state index in [0.717, 1.165) is 19.5 Å². The standard InChI is InChI=1S/C13H23F2N3O.2ClH/c1-3-17(2)7-10-4-5-18(8-10)12(19)11-6-13(14,15)9-16-11;;/h10-11,16H,3-9H2,1-2H3;2*1H. The van der Waals surface area contributed by atoms with Crippen molar-refractivity contribution in [1.29, 1.82) is 0 Å². The fraction of sp³-hybridized carbons (Fsp3) is 0.923. The predicted octanol–water partition coefficient (Wildman–Crippen LogP) is 1.63. The molecule has 21 heavy (non-hydrogen) atoms. The normalized spacial score (nSPS) is 27.4. The van der Waals surface area contributed by atoms with Crippen molar-refractivity contribution in [2.45, 2.75) is 31.7 Å². The van der Waals surface area contributed by atoms with Gasteiger partial charge in [0.1, 0.15) is 0 Å². The molecule has 8 heteroatoms. The lowest BCUT2D eigenvalue weighted by Crippen LogP contribution is -2.42. The zero-order chi connectivity index (χ0) is 14.0. The monoisotopic (exact) mass is 347 g/mol. The second-order valence-corrected chi connectivity index (χ2v) is 5.79. The summed E-state index contributed by atoms with van der Waals surface area (Å²) in [5.41, 5.74) is 0. The summed E-state index contributed by atoms with van der Waals surface area (Å²) >= 11 is 0. The lowest BCUT2D eigenvalue weighted by atomic mass is 10.1. The molecule has 2 heterocycles. The summed E-state index contributed by atoms with van der Waals surface area (Å²) in [5.74, 6) is -2.42. The predicted molar refractivity (Wildman–Crippen MR) is 83.7 cm³/mol. The van der Waals surface area contributed by atoms with Crippen LogP contribution in [0.3, 0.4) is 0 Å². The van der Waals surface area contributed by atoms with Crippen molar-refractivity contribution in [1.82, 2.24) is 15.1 Å². The summed E-state index contributed by atoms with van der Waals surface area (Å²) in [6.07, 6.45) is 0.612. The molecule has 0 aromatic carbocycles. The number of hydrogen-bond donors (Lipinski definition) is 1. The Hall–Kier alpha value is -0.170. The molecule has 0 spiro atoms. The molecule has 0 aromatic rings. The van der Waals surface area contributed by atoms with E-state index in [0.29, 0.717) is 19.0 Å². The summed E-state index contributed by atoms with van der Waals surface area (Å²) in [7, 11) is 2.06. The molecule has 2 atom stereocenters. The summed E-state index contributed by atoms with van der Waals surface area (Å²) in [6, 6.07) is -0.697. The molecular weight excluding hydrogens is 323 g/mol. The number of carbonyl (C=O) groups is 1. The van der Waals surface area contributed by atoms with Crippen molar-refractivity contribution >= 4 is 30.7 Å².